The van der Waals surface area contributed by atoms with Crippen LogP contribution in [0.4, 0.5) is 5.69 Å². The van der Waals surface area contributed by atoms with Gasteiger partial charge in [-0.05, 0) is 30.0 Å². The summed E-state index contributed by atoms with van der Waals surface area (Å²) >= 11 is 5.96. The minimum absolute atomic E-state index is 0.670. The lowest BCUT2D eigenvalue weighted by molar-refractivity contribution is 0.637. The van der Waals surface area contributed by atoms with Crippen molar-refractivity contribution in [1.82, 2.24) is 0 Å². The molecule has 0 radical (unpaired) electrons. The first kappa shape index (κ1) is 8.89. The maximum atomic E-state index is 5.96. The van der Waals surface area contributed by atoms with Gasteiger partial charge in [0, 0.05) is 24.3 Å². The molecule has 1 aromatic carbocycles. The lowest BCUT2D eigenvalue weighted by Crippen LogP contribution is -2.26. The normalized spacial score (nSPS) is 21.5. The van der Waals surface area contributed by atoms with Crippen LogP contribution in [0.5, 0.6) is 0 Å². The van der Waals surface area contributed by atoms with E-state index >= 15 is 0 Å². The maximum absolute atomic E-state index is 5.96. The lowest BCUT2D eigenvalue weighted by atomic mass is 9.92. The first-order valence-electron chi connectivity index (χ1n) is 4.69. The van der Waals surface area contributed by atoms with Crippen LogP contribution in [0.2, 0.25) is 5.02 Å². The van der Waals surface area contributed by atoms with Crippen LogP contribution in [-0.2, 0) is 0 Å². The molecule has 1 aliphatic rings. The molecule has 1 aromatic rings. The smallest absolute Gasteiger partial charge is 0.0426 e. The number of hydrogen-bond donors (Lipinski definition) is 0. The summed E-state index contributed by atoms with van der Waals surface area (Å²) in [5.74, 6) is 0.670. The zero-order chi connectivity index (χ0) is 9.42. The Bertz CT molecular complexity index is 322. The fourth-order valence-corrected chi connectivity index (χ4v) is 2.09. The maximum Gasteiger partial charge on any atom is 0.0426 e. The van der Waals surface area contributed by atoms with Crippen LogP contribution in [0.1, 0.15) is 24.8 Å². The van der Waals surface area contributed by atoms with Crippen molar-refractivity contribution in [3.05, 3.63) is 28.8 Å². The van der Waals surface area contributed by atoms with Crippen molar-refractivity contribution in [3.63, 3.8) is 0 Å². The van der Waals surface area contributed by atoms with Crippen molar-refractivity contribution in [2.24, 2.45) is 0 Å². The molecule has 2 rings (SSSR count). The number of halogens is 1. The second-order valence-corrected chi connectivity index (χ2v) is 4.25. The third kappa shape index (κ3) is 1.53. The van der Waals surface area contributed by atoms with Crippen molar-refractivity contribution >= 4 is 17.3 Å². The molecule has 0 saturated heterocycles. The molecule has 0 saturated carbocycles. The highest BCUT2D eigenvalue weighted by molar-refractivity contribution is 6.30. The van der Waals surface area contributed by atoms with Crippen molar-refractivity contribution in [2.45, 2.75) is 19.3 Å². The highest BCUT2D eigenvalue weighted by Gasteiger charge is 2.19. The molecule has 1 nitrogen and oxygen atoms in total. The van der Waals surface area contributed by atoms with E-state index < -0.39 is 0 Å². The van der Waals surface area contributed by atoms with Crippen molar-refractivity contribution in [1.29, 1.82) is 0 Å². The molecule has 13 heavy (non-hydrogen) atoms. The average Bonchev–Trinajstić information content (AvgIpc) is 2.12. The molecular weight excluding hydrogens is 182 g/mol. The minimum atomic E-state index is 0.670. The molecule has 1 aliphatic heterocycles. The van der Waals surface area contributed by atoms with Gasteiger partial charge in [0.05, 0.1) is 0 Å². The number of fused-ring (bicyclic) bond motifs is 1. The van der Waals surface area contributed by atoms with E-state index in [1.807, 2.05) is 6.07 Å². The Kier molecular flexibility index (Phi) is 2.20. The monoisotopic (exact) mass is 195 g/mol. The van der Waals surface area contributed by atoms with Gasteiger partial charge in [-0.3, -0.25) is 0 Å². The van der Waals surface area contributed by atoms with Gasteiger partial charge in [0.25, 0.3) is 0 Å². The second kappa shape index (κ2) is 3.22. The molecule has 2 heteroatoms. The van der Waals surface area contributed by atoms with Crippen LogP contribution in [0.3, 0.4) is 0 Å². The molecule has 1 heterocycles. The van der Waals surface area contributed by atoms with E-state index in [1.165, 1.54) is 17.7 Å². The van der Waals surface area contributed by atoms with Crippen LogP contribution in [0, 0.1) is 0 Å². The zero-order valence-electron chi connectivity index (χ0n) is 8.05. The van der Waals surface area contributed by atoms with Crippen LogP contribution >= 0.6 is 11.6 Å². The minimum Gasteiger partial charge on any atom is -0.374 e. The average molecular weight is 196 g/mol. The Morgan fingerprint density at radius 3 is 3.00 bits per heavy atom. The van der Waals surface area contributed by atoms with Gasteiger partial charge in [-0.2, -0.15) is 0 Å². The summed E-state index contributed by atoms with van der Waals surface area (Å²) in [6.45, 7) is 3.41. The van der Waals surface area contributed by atoms with E-state index in [1.54, 1.807) is 0 Å². The lowest BCUT2D eigenvalue weighted by Gasteiger charge is -2.31. The molecule has 0 amide bonds. The fraction of sp³-hybridized carbons (Fsp3) is 0.455. The first-order valence-corrected chi connectivity index (χ1v) is 5.07. The quantitative estimate of drug-likeness (QED) is 0.614. The number of nitrogens with zero attached hydrogens (tertiary/aromatic N) is 1. The van der Waals surface area contributed by atoms with E-state index in [0.717, 1.165) is 11.6 Å². The van der Waals surface area contributed by atoms with E-state index in [0.29, 0.717) is 5.92 Å². The molecule has 0 N–H and O–H groups in total. The fourth-order valence-electron chi connectivity index (χ4n) is 1.93. The van der Waals surface area contributed by atoms with Crippen LogP contribution < -0.4 is 4.90 Å². The van der Waals surface area contributed by atoms with Crippen LogP contribution in [-0.4, -0.2) is 13.6 Å². The molecular formula is C11H14ClN. The summed E-state index contributed by atoms with van der Waals surface area (Å²) in [7, 11) is 2.13. The summed E-state index contributed by atoms with van der Waals surface area (Å²) < 4.78 is 0. The Labute approximate surface area is 84.3 Å². The molecule has 0 aliphatic carbocycles. The number of rotatable bonds is 0. The molecule has 0 fully saturated rings. The number of benzene rings is 1. The SMILES string of the molecule is CC1CCN(C)c2cc(Cl)ccc21. The standard InChI is InChI=1S/C11H14ClN/c1-8-5-6-13(2)11-7-9(12)3-4-10(8)11/h3-4,7-8H,5-6H2,1-2H3. The summed E-state index contributed by atoms with van der Waals surface area (Å²) in [6, 6.07) is 6.20. The topological polar surface area (TPSA) is 3.24 Å². The van der Waals surface area contributed by atoms with Crippen LogP contribution in [0.25, 0.3) is 0 Å². The van der Waals surface area contributed by atoms with E-state index in [9.17, 15) is 0 Å². The summed E-state index contributed by atoms with van der Waals surface area (Å²) in [5.41, 5.74) is 2.73. The van der Waals surface area contributed by atoms with Gasteiger partial charge in [0.15, 0.2) is 0 Å². The molecule has 0 aromatic heterocycles. The highest BCUT2D eigenvalue weighted by Crippen LogP contribution is 2.35. The molecule has 70 valence electrons. The van der Waals surface area contributed by atoms with Gasteiger partial charge < -0.3 is 4.90 Å². The first-order chi connectivity index (χ1) is 6.18. The van der Waals surface area contributed by atoms with Crippen molar-refractivity contribution < 1.29 is 0 Å². The highest BCUT2D eigenvalue weighted by atomic mass is 35.5. The largest absolute Gasteiger partial charge is 0.374 e. The Balaban J connectivity index is 2.50. The Morgan fingerprint density at radius 2 is 2.23 bits per heavy atom. The summed E-state index contributed by atoms with van der Waals surface area (Å²) in [5, 5.41) is 0.833. The molecule has 1 atom stereocenters. The number of hydrogen-bond acceptors (Lipinski definition) is 1. The van der Waals surface area contributed by atoms with Gasteiger partial charge in [-0.1, -0.05) is 24.6 Å². The van der Waals surface area contributed by atoms with E-state index in [2.05, 4.69) is 31.0 Å². The van der Waals surface area contributed by atoms with Gasteiger partial charge in [-0.25, -0.2) is 0 Å². The van der Waals surface area contributed by atoms with E-state index in [-0.39, 0.29) is 0 Å². The zero-order valence-corrected chi connectivity index (χ0v) is 8.80. The van der Waals surface area contributed by atoms with Crippen LogP contribution in [0.15, 0.2) is 18.2 Å². The van der Waals surface area contributed by atoms with Crippen molar-refractivity contribution in [2.75, 3.05) is 18.5 Å². The van der Waals surface area contributed by atoms with Gasteiger partial charge in [-0.15, -0.1) is 0 Å². The van der Waals surface area contributed by atoms with Gasteiger partial charge in [0.1, 0.15) is 0 Å². The van der Waals surface area contributed by atoms with Gasteiger partial charge in [0.2, 0.25) is 0 Å². The van der Waals surface area contributed by atoms with E-state index in [4.69, 9.17) is 11.6 Å². The van der Waals surface area contributed by atoms with Gasteiger partial charge >= 0.3 is 0 Å². The summed E-state index contributed by atoms with van der Waals surface area (Å²) in [4.78, 5) is 2.28. The second-order valence-electron chi connectivity index (χ2n) is 3.81. The molecule has 1 unspecified atom stereocenters. The Hall–Kier alpha value is -0.690. The molecule has 0 spiro atoms. The third-order valence-corrected chi connectivity index (χ3v) is 3.07. The van der Waals surface area contributed by atoms with Crippen molar-refractivity contribution in [3.8, 4) is 0 Å². The predicted octanol–water partition coefficient (Wildman–Crippen LogP) is 3.28. The summed E-state index contributed by atoms with van der Waals surface area (Å²) in [6.07, 6.45) is 1.24. The number of anilines is 1. The molecule has 0 bridgehead atoms. The third-order valence-electron chi connectivity index (χ3n) is 2.83. The predicted molar refractivity (Wildman–Crippen MR) is 57.8 cm³/mol. The Morgan fingerprint density at radius 1 is 1.46 bits per heavy atom.